The third-order valence-electron chi connectivity index (χ3n) is 4.64. The van der Waals surface area contributed by atoms with Gasteiger partial charge in [0.2, 0.25) is 5.88 Å². The van der Waals surface area contributed by atoms with Gasteiger partial charge in [-0.2, -0.15) is 4.68 Å². The number of nitrogens with zero attached hydrogens (tertiary/aromatic N) is 2. The second kappa shape index (κ2) is 8.49. The molecule has 2 aromatic carbocycles. The minimum absolute atomic E-state index is 0.174. The summed E-state index contributed by atoms with van der Waals surface area (Å²) in [7, 11) is 0. The monoisotopic (exact) mass is 411 g/mol. The van der Waals surface area contributed by atoms with Gasteiger partial charge < -0.3 is 10.1 Å². The fourth-order valence-corrected chi connectivity index (χ4v) is 2.87. The average molecular weight is 412 g/mol. The lowest BCUT2D eigenvalue weighted by molar-refractivity contribution is -0.122. The molecule has 6 nitrogen and oxygen atoms in total. The zero-order chi connectivity index (χ0) is 21.1. The summed E-state index contributed by atoms with van der Waals surface area (Å²) in [6, 6.07) is 13.7. The number of benzene rings is 2. The Labute approximate surface area is 174 Å². The zero-order valence-electron chi connectivity index (χ0n) is 16.7. The lowest BCUT2D eigenvalue weighted by Gasteiger charge is -2.16. The Kier molecular flexibility index (Phi) is 6.03. The van der Waals surface area contributed by atoms with Crippen LogP contribution in [0.3, 0.4) is 0 Å². The summed E-state index contributed by atoms with van der Waals surface area (Å²) in [5.74, 6) is -0.172. The number of carbonyl (C=O) groups excluding carboxylic acids is 1. The largest absolute Gasteiger partial charge is 0.463 e. The van der Waals surface area contributed by atoms with Gasteiger partial charge in [-0.3, -0.25) is 9.59 Å². The van der Waals surface area contributed by atoms with E-state index in [4.69, 9.17) is 16.3 Å². The van der Waals surface area contributed by atoms with E-state index in [1.807, 2.05) is 45.0 Å². The van der Waals surface area contributed by atoms with Crippen molar-refractivity contribution in [2.45, 2.75) is 33.8 Å². The maximum Gasteiger partial charge on any atom is 0.271 e. The van der Waals surface area contributed by atoms with E-state index in [1.54, 1.807) is 19.1 Å². The molecule has 3 aromatic rings. The van der Waals surface area contributed by atoms with E-state index in [1.165, 1.54) is 16.8 Å². The van der Waals surface area contributed by atoms with Crippen LogP contribution >= 0.6 is 11.6 Å². The molecule has 0 bridgehead atoms. The van der Waals surface area contributed by atoms with Crippen molar-refractivity contribution in [3.63, 3.8) is 0 Å². The molecule has 0 saturated carbocycles. The van der Waals surface area contributed by atoms with Gasteiger partial charge in [0, 0.05) is 22.8 Å². The topological polar surface area (TPSA) is 73.2 Å². The van der Waals surface area contributed by atoms with Gasteiger partial charge in [0.15, 0.2) is 6.10 Å². The molecule has 1 unspecified atom stereocenters. The van der Waals surface area contributed by atoms with Crippen molar-refractivity contribution in [3.8, 4) is 11.6 Å². The highest BCUT2D eigenvalue weighted by Gasteiger charge is 2.17. The summed E-state index contributed by atoms with van der Waals surface area (Å²) in [4.78, 5) is 24.8. The Bertz CT molecular complexity index is 1120. The minimum Gasteiger partial charge on any atom is -0.463 e. The highest BCUT2D eigenvalue weighted by Crippen LogP contribution is 2.21. The van der Waals surface area contributed by atoms with E-state index in [9.17, 15) is 9.59 Å². The summed E-state index contributed by atoms with van der Waals surface area (Å²) in [5.41, 5.74) is 4.02. The van der Waals surface area contributed by atoms with Crippen molar-refractivity contribution in [1.29, 1.82) is 0 Å². The molecular weight excluding hydrogens is 390 g/mol. The summed E-state index contributed by atoms with van der Waals surface area (Å²) >= 11 is 6.00. The van der Waals surface area contributed by atoms with Gasteiger partial charge in [0.05, 0.1) is 5.69 Å². The Morgan fingerprint density at radius 2 is 1.76 bits per heavy atom. The second-order valence-corrected chi connectivity index (χ2v) is 7.34. The number of rotatable bonds is 5. The number of nitrogens with one attached hydrogen (secondary N) is 1. The van der Waals surface area contributed by atoms with Gasteiger partial charge in [0.25, 0.3) is 11.5 Å². The molecule has 3 rings (SSSR count). The van der Waals surface area contributed by atoms with E-state index in [2.05, 4.69) is 10.4 Å². The first-order valence-corrected chi connectivity index (χ1v) is 9.54. The first kappa shape index (κ1) is 20.6. The van der Waals surface area contributed by atoms with Crippen molar-refractivity contribution in [2.75, 3.05) is 5.32 Å². The number of hydrogen-bond acceptors (Lipinski definition) is 4. The van der Waals surface area contributed by atoms with Crippen LogP contribution in [0.25, 0.3) is 5.69 Å². The van der Waals surface area contributed by atoms with Crippen molar-refractivity contribution < 1.29 is 9.53 Å². The Balaban J connectivity index is 1.79. The molecule has 1 atom stereocenters. The number of anilines is 1. The van der Waals surface area contributed by atoms with Crippen LogP contribution in [0.15, 0.2) is 53.3 Å². The van der Waals surface area contributed by atoms with Crippen LogP contribution in [0.1, 0.15) is 23.6 Å². The van der Waals surface area contributed by atoms with E-state index in [0.29, 0.717) is 16.4 Å². The van der Waals surface area contributed by atoms with Crippen LogP contribution in [0.4, 0.5) is 5.69 Å². The quantitative estimate of drug-likeness (QED) is 0.682. The summed E-state index contributed by atoms with van der Waals surface area (Å²) in [5, 5.41) is 7.58. The number of halogens is 1. The van der Waals surface area contributed by atoms with Gasteiger partial charge in [-0.15, -0.1) is 5.10 Å². The first-order valence-electron chi connectivity index (χ1n) is 9.16. The van der Waals surface area contributed by atoms with Crippen molar-refractivity contribution >= 4 is 23.2 Å². The van der Waals surface area contributed by atoms with Crippen molar-refractivity contribution in [3.05, 3.63) is 80.6 Å². The fraction of sp³-hybridized carbons (Fsp3) is 0.227. The minimum atomic E-state index is -0.827. The highest BCUT2D eigenvalue weighted by atomic mass is 35.5. The van der Waals surface area contributed by atoms with Crippen LogP contribution in [0.2, 0.25) is 5.02 Å². The second-order valence-electron chi connectivity index (χ2n) is 6.90. The summed E-state index contributed by atoms with van der Waals surface area (Å²) in [6.07, 6.45) is -0.827. The summed E-state index contributed by atoms with van der Waals surface area (Å²) < 4.78 is 6.93. The van der Waals surface area contributed by atoms with Gasteiger partial charge in [-0.05, 0) is 68.7 Å². The first-order chi connectivity index (χ1) is 13.7. The number of ether oxygens (including phenoxy) is 1. The Morgan fingerprint density at radius 1 is 1.03 bits per heavy atom. The molecule has 0 spiro atoms. The predicted octanol–water partition coefficient (Wildman–Crippen LogP) is 4.22. The van der Waals surface area contributed by atoms with Crippen LogP contribution in [0.5, 0.6) is 5.88 Å². The molecule has 1 N–H and O–H groups in total. The van der Waals surface area contributed by atoms with Crippen LogP contribution in [-0.2, 0) is 4.79 Å². The zero-order valence-corrected chi connectivity index (χ0v) is 17.4. The standard InChI is InChI=1S/C22H22ClN3O3/c1-13-6-8-18(11-15(13)3)26-21(27)10-9-20(25-26)29-16(4)22(28)24-19-12-17(23)7-5-14(19)2/h5-12,16H,1-4H3,(H,24,28). The maximum atomic E-state index is 12.5. The van der Waals surface area contributed by atoms with Crippen LogP contribution < -0.4 is 15.6 Å². The molecule has 150 valence electrons. The number of hydrogen-bond donors (Lipinski definition) is 1. The molecule has 0 radical (unpaired) electrons. The van der Waals surface area contributed by atoms with Gasteiger partial charge in [-0.1, -0.05) is 23.7 Å². The van der Waals surface area contributed by atoms with Crippen molar-refractivity contribution in [2.24, 2.45) is 0 Å². The molecule has 7 heteroatoms. The molecule has 0 aliphatic carbocycles. The number of aromatic nitrogens is 2. The lowest BCUT2D eigenvalue weighted by atomic mass is 10.1. The van der Waals surface area contributed by atoms with E-state index in [-0.39, 0.29) is 17.3 Å². The van der Waals surface area contributed by atoms with Crippen molar-refractivity contribution in [1.82, 2.24) is 9.78 Å². The predicted molar refractivity (Wildman–Crippen MR) is 114 cm³/mol. The van der Waals surface area contributed by atoms with Gasteiger partial charge in [0.1, 0.15) is 0 Å². The van der Waals surface area contributed by atoms with Gasteiger partial charge >= 0.3 is 0 Å². The van der Waals surface area contributed by atoms with Gasteiger partial charge in [-0.25, -0.2) is 0 Å². The molecule has 29 heavy (non-hydrogen) atoms. The fourth-order valence-electron chi connectivity index (χ4n) is 2.70. The van der Waals surface area contributed by atoms with E-state index in [0.717, 1.165) is 16.7 Å². The maximum absolute atomic E-state index is 12.5. The molecule has 1 amide bonds. The molecular formula is C22H22ClN3O3. The highest BCUT2D eigenvalue weighted by molar-refractivity contribution is 6.31. The molecule has 0 aliphatic rings. The van der Waals surface area contributed by atoms with E-state index < -0.39 is 6.10 Å². The smallest absolute Gasteiger partial charge is 0.271 e. The number of amides is 1. The average Bonchev–Trinajstić information content (AvgIpc) is 2.68. The molecule has 0 saturated heterocycles. The molecule has 0 fully saturated rings. The number of carbonyl (C=O) groups is 1. The van der Waals surface area contributed by atoms with E-state index >= 15 is 0 Å². The SMILES string of the molecule is Cc1ccc(-n2nc(OC(C)C(=O)Nc3cc(Cl)ccc3C)ccc2=O)cc1C. The third kappa shape index (κ3) is 4.84. The molecule has 1 aromatic heterocycles. The normalized spacial score (nSPS) is 11.8. The number of aryl methyl sites for hydroxylation is 3. The third-order valence-corrected chi connectivity index (χ3v) is 4.87. The summed E-state index contributed by atoms with van der Waals surface area (Å²) in [6.45, 7) is 7.45. The lowest BCUT2D eigenvalue weighted by Crippen LogP contribution is -2.31. The molecule has 1 heterocycles. The Hall–Kier alpha value is -3.12. The Morgan fingerprint density at radius 3 is 2.48 bits per heavy atom. The van der Waals surface area contributed by atoms with Crippen LogP contribution in [-0.4, -0.2) is 21.8 Å². The molecule has 0 aliphatic heterocycles. The van der Waals surface area contributed by atoms with Crippen LogP contribution in [0, 0.1) is 20.8 Å².